The summed E-state index contributed by atoms with van der Waals surface area (Å²) in [6, 6.07) is 6.49. The number of methoxy groups -OCH3 is 1. The van der Waals surface area contributed by atoms with Crippen molar-refractivity contribution in [3.63, 3.8) is 0 Å². The summed E-state index contributed by atoms with van der Waals surface area (Å²) in [5.74, 6) is 0.944. The number of nitrogens with one attached hydrogen (secondary N) is 1. The molecule has 1 aliphatic rings. The van der Waals surface area contributed by atoms with Crippen molar-refractivity contribution >= 4 is 0 Å². The molecule has 0 heterocycles. The van der Waals surface area contributed by atoms with Crippen molar-refractivity contribution in [3.05, 3.63) is 29.3 Å². The van der Waals surface area contributed by atoms with E-state index in [9.17, 15) is 5.11 Å². The van der Waals surface area contributed by atoms with Crippen LogP contribution < -0.4 is 10.1 Å². The van der Waals surface area contributed by atoms with Gasteiger partial charge in [0.25, 0.3) is 0 Å². The van der Waals surface area contributed by atoms with Gasteiger partial charge in [0.15, 0.2) is 0 Å². The molecule has 106 valence electrons. The van der Waals surface area contributed by atoms with E-state index in [2.05, 4.69) is 30.4 Å². The standard InChI is InChI=1S/C16H25NO2/c1-12-10-13(4-5-15(12)19-3)16(11-17-2)8-6-14(18)7-9-16/h4-5,10,14,17-18H,6-9,11H2,1-3H3. The lowest BCUT2D eigenvalue weighted by atomic mass is 9.68. The first-order valence-corrected chi connectivity index (χ1v) is 7.09. The van der Waals surface area contributed by atoms with Gasteiger partial charge in [0.2, 0.25) is 0 Å². The van der Waals surface area contributed by atoms with E-state index in [0.717, 1.165) is 38.0 Å². The van der Waals surface area contributed by atoms with Crippen LogP contribution in [-0.4, -0.2) is 31.9 Å². The van der Waals surface area contributed by atoms with Gasteiger partial charge in [-0.2, -0.15) is 0 Å². The first-order valence-electron chi connectivity index (χ1n) is 7.09. The molecule has 0 amide bonds. The lowest BCUT2D eigenvalue weighted by Gasteiger charge is -2.39. The van der Waals surface area contributed by atoms with Crippen molar-refractivity contribution in [2.24, 2.45) is 0 Å². The Morgan fingerprint density at radius 3 is 2.58 bits per heavy atom. The molecule has 19 heavy (non-hydrogen) atoms. The summed E-state index contributed by atoms with van der Waals surface area (Å²) in [6.45, 7) is 3.05. The number of aliphatic hydroxyl groups is 1. The Morgan fingerprint density at radius 1 is 1.37 bits per heavy atom. The number of likely N-dealkylation sites (N-methyl/N-ethyl adjacent to an activating group) is 1. The molecule has 2 N–H and O–H groups in total. The minimum Gasteiger partial charge on any atom is -0.496 e. The maximum absolute atomic E-state index is 9.75. The molecule has 1 aliphatic carbocycles. The van der Waals surface area contributed by atoms with Crippen molar-refractivity contribution in [3.8, 4) is 5.75 Å². The van der Waals surface area contributed by atoms with Crippen LogP contribution in [0.5, 0.6) is 5.75 Å². The summed E-state index contributed by atoms with van der Waals surface area (Å²) in [5.41, 5.74) is 2.71. The fourth-order valence-electron chi connectivity index (χ4n) is 3.27. The molecule has 1 saturated carbocycles. The largest absolute Gasteiger partial charge is 0.496 e. The smallest absolute Gasteiger partial charge is 0.121 e. The van der Waals surface area contributed by atoms with Gasteiger partial charge in [-0.3, -0.25) is 0 Å². The van der Waals surface area contributed by atoms with Gasteiger partial charge in [-0.1, -0.05) is 12.1 Å². The second kappa shape index (κ2) is 5.93. The molecule has 0 spiro atoms. The highest BCUT2D eigenvalue weighted by molar-refractivity contribution is 5.40. The summed E-state index contributed by atoms with van der Waals surface area (Å²) in [5, 5.41) is 13.1. The van der Waals surface area contributed by atoms with E-state index in [0.29, 0.717) is 0 Å². The van der Waals surface area contributed by atoms with E-state index < -0.39 is 0 Å². The lowest BCUT2D eigenvalue weighted by Crippen LogP contribution is -2.41. The molecule has 0 atom stereocenters. The van der Waals surface area contributed by atoms with Gasteiger partial charge in [-0.15, -0.1) is 0 Å². The zero-order valence-corrected chi connectivity index (χ0v) is 12.2. The predicted octanol–water partition coefficient (Wildman–Crippen LogP) is 2.40. The first kappa shape index (κ1) is 14.4. The van der Waals surface area contributed by atoms with E-state index in [-0.39, 0.29) is 11.5 Å². The molecule has 0 radical (unpaired) electrons. The zero-order chi connectivity index (χ0) is 13.9. The first-order chi connectivity index (χ1) is 9.11. The normalized spacial score (nSPS) is 27.3. The van der Waals surface area contributed by atoms with Crippen LogP contribution in [0.3, 0.4) is 0 Å². The number of aryl methyl sites for hydroxylation is 1. The van der Waals surface area contributed by atoms with Crippen LogP contribution in [-0.2, 0) is 5.41 Å². The highest BCUT2D eigenvalue weighted by atomic mass is 16.5. The third-order valence-electron chi connectivity index (χ3n) is 4.43. The van der Waals surface area contributed by atoms with Crippen molar-refractivity contribution < 1.29 is 9.84 Å². The molecule has 0 unspecified atom stereocenters. The number of benzene rings is 1. The number of rotatable bonds is 4. The van der Waals surface area contributed by atoms with Gasteiger partial charge in [0.1, 0.15) is 5.75 Å². The van der Waals surface area contributed by atoms with Gasteiger partial charge in [0, 0.05) is 12.0 Å². The zero-order valence-electron chi connectivity index (χ0n) is 12.2. The Balaban J connectivity index is 2.31. The van der Waals surface area contributed by atoms with E-state index in [1.54, 1.807) is 7.11 Å². The van der Waals surface area contributed by atoms with Crippen LogP contribution in [0.2, 0.25) is 0 Å². The molecule has 1 aromatic rings. The number of hydrogen-bond acceptors (Lipinski definition) is 3. The molecule has 1 aromatic carbocycles. The molecule has 0 saturated heterocycles. The molecule has 0 bridgehead atoms. The van der Waals surface area contributed by atoms with Gasteiger partial charge < -0.3 is 15.2 Å². The van der Waals surface area contributed by atoms with E-state index in [1.165, 1.54) is 11.1 Å². The van der Waals surface area contributed by atoms with Crippen LogP contribution in [0, 0.1) is 6.92 Å². The highest BCUT2D eigenvalue weighted by Crippen LogP contribution is 2.40. The SMILES string of the molecule is CNCC1(c2ccc(OC)c(C)c2)CCC(O)CC1. The van der Waals surface area contributed by atoms with Gasteiger partial charge in [0.05, 0.1) is 13.2 Å². The molecule has 0 aliphatic heterocycles. The monoisotopic (exact) mass is 263 g/mol. The molecule has 2 rings (SSSR count). The Hall–Kier alpha value is -1.06. The van der Waals surface area contributed by atoms with Crippen molar-refractivity contribution in [2.75, 3.05) is 20.7 Å². The Labute approximate surface area is 116 Å². The Morgan fingerprint density at radius 2 is 2.05 bits per heavy atom. The minimum absolute atomic E-state index is 0.121. The van der Waals surface area contributed by atoms with E-state index >= 15 is 0 Å². The summed E-state index contributed by atoms with van der Waals surface area (Å²) in [6.07, 6.45) is 3.76. The number of aliphatic hydroxyl groups excluding tert-OH is 1. The number of hydrogen-bond donors (Lipinski definition) is 2. The van der Waals surface area contributed by atoms with E-state index in [4.69, 9.17) is 4.74 Å². The molecule has 3 heteroatoms. The number of ether oxygens (including phenoxy) is 1. The van der Waals surface area contributed by atoms with Gasteiger partial charge >= 0.3 is 0 Å². The molecule has 3 nitrogen and oxygen atoms in total. The fourth-order valence-corrected chi connectivity index (χ4v) is 3.27. The fraction of sp³-hybridized carbons (Fsp3) is 0.625. The molecule has 1 fully saturated rings. The van der Waals surface area contributed by atoms with Crippen LogP contribution in [0.4, 0.5) is 0 Å². The van der Waals surface area contributed by atoms with Crippen LogP contribution in [0.15, 0.2) is 18.2 Å². The second-order valence-electron chi connectivity index (χ2n) is 5.73. The van der Waals surface area contributed by atoms with E-state index in [1.807, 2.05) is 7.05 Å². The molecular weight excluding hydrogens is 238 g/mol. The summed E-state index contributed by atoms with van der Waals surface area (Å²) < 4.78 is 5.34. The third kappa shape index (κ3) is 2.93. The van der Waals surface area contributed by atoms with Gasteiger partial charge in [-0.05, 0) is 56.8 Å². The van der Waals surface area contributed by atoms with Crippen molar-refractivity contribution in [1.82, 2.24) is 5.32 Å². The molecule has 0 aromatic heterocycles. The topological polar surface area (TPSA) is 41.5 Å². The Bertz CT molecular complexity index is 423. The lowest BCUT2D eigenvalue weighted by molar-refractivity contribution is 0.0952. The maximum Gasteiger partial charge on any atom is 0.121 e. The summed E-state index contributed by atoms with van der Waals surface area (Å²) >= 11 is 0. The molecular formula is C16H25NO2. The van der Waals surface area contributed by atoms with Gasteiger partial charge in [-0.25, -0.2) is 0 Å². The van der Waals surface area contributed by atoms with Crippen LogP contribution in [0.1, 0.15) is 36.8 Å². The quantitative estimate of drug-likeness (QED) is 0.876. The second-order valence-corrected chi connectivity index (χ2v) is 5.73. The minimum atomic E-state index is -0.121. The van der Waals surface area contributed by atoms with Crippen molar-refractivity contribution in [1.29, 1.82) is 0 Å². The average Bonchev–Trinajstić information content (AvgIpc) is 2.42. The summed E-state index contributed by atoms with van der Waals surface area (Å²) in [4.78, 5) is 0. The average molecular weight is 263 g/mol. The third-order valence-corrected chi connectivity index (χ3v) is 4.43. The van der Waals surface area contributed by atoms with Crippen molar-refractivity contribution in [2.45, 2.75) is 44.1 Å². The highest BCUT2D eigenvalue weighted by Gasteiger charge is 2.36. The van der Waals surface area contributed by atoms with Crippen LogP contribution in [0.25, 0.3) is 0 Å². The summed E-state index contributed by atoms with van der Waals surface area (Å²) in [7, 11) is 3.71. The Kier molecular flexibility index (Phi) is 4.48. The van der Waals surface area contributed by atoms with Crippen LogP contribution >= 0.6 is 0 Å². The predicted molar refractivity (Wildman–Crippen MR) is 77.8 cm³/mol. The maximum atomic E-state index is 9.75.